The van der Waals surface area contributed by atoms with Crippen LogP contribution in [0.2, 0.25) is 0 Å². The number of nitrogens with zero attached hydrogens (tertiary/aromatic N) is 2. The number of rotatable bonds is 2. The lowest BCUT2D eigenvalue weighted by Gasteiger charge is -2.47. The number of piperidine rings is 1. The summed E-state index contributed by atoms with van der Waals surface area (Å²) in [6.45, 7) is 5.79. The summed E-state index contributed by atoms with van der Waals surface area (Å²) in [7, 11) is 2.20. The highest BCUT2D eigenvalue weighted by Gasteiger charge is 2.38. The fourth-order valence-corrected chi connectivity index (χ4v) is 3.72. The Morgan fingerprint density at radius 1 is 1.44 bits per heavy atom. The van der Waals surface area contributed by atoms with Gasteiger partial charge in [-0.1, -0.05) is 12.1 Å². The number of hydrogen-bond donors (Lipinski definition) is 0. The fourth-order valence-electron chi connectivity index (χ4n) is 3.72. The molecule has 3 heteroatoms. The van der Waals surface area contributed by atoms with E-state index in [-0.39, 0.29) is 5.56 Å². The lowest BCUT2D eigenvalue weighted by Crippen LogP contribution is -2.51. The fraction of sp³-hybridized carbons (Fsp3) is 0.533. The lowest BCUT2D eigenvalue weighted by atomic mass is 9.77. The van der Waals surface area contributed by atoms with Crippen molar-refractivity contribution in [1.29, 1.82) is 0 Å². The summed E-state index contributed by atoms with van der Waals surface area (Å²) in [5.74, 6) is 1.10. The van der Waals surface area contributed by atoms with Gasteiger partial charge in [-0.05, 0) is 31.9 Å². The van der Waals surface area contributed by atoms with Gasteiger partial charge in [0.25, 0.3) is 5.56 Å². The average molecular weight is 244 g/mol. The summed E-state index contributed by atoms with van der Waals surface area (Å²) in [5, 5.41) is 0. The third kappa shape index (κ3) is 1.74. The van der Waals surface area contributed by atoms with Crippen molar-refractivity contribution in [1.82, 2.24) is 9.47 Å². The minimum Gasteiger partial charge on any atom is -0.312 e. The van der Waals surface area contributed by atoms with E-state index in [1.54, 1.807) is 6.07 Å². The molecule has 3 rings (SSSR count). The highest BCUT2D eigenvalue weighted by atomic mass is 16.1. The van der Waals surface area contributed by atoms with Crippen molar-refractivity contribution in [2.45, 2.75) is 31.3 Å². The minimum absolute atomic E-state index is 0.157. The Labute approximate surface area is 108 Å². The normalized spacial score (nSPS) is 30.8. The minimum atomic E-state index is 0.157. The zero-order valence-electron chi connectivity index (χ0n) is 10.9. The van der Waals surface area contributed by atoms with Gasteiger partial charge in [0.15, 0.2) is 0 Å². The average Bonchev–Trinajstić information content (AvgIpc) is 2.35. The third-order valence-corrected chi connectivity index (χ3v) is 4.53. The van der Waals surface area contributed by atoms with Gasteiger partial charge in [0.05, 0.1) is 0 Å². The van der Waals surface area contributed by atoms with Gasteiger partial charge >= 0.3 is 0 Å². The van der Waals surface area contributed by atoms with E-state index in [1.807, 2.05) is 16.7 Å². The first-order valence-electron chi connectivity index (χ1n) is 6.71. The number of likely N-dealkylation sites (N-methyl/N-ethyl adjacent to an activating group) is 1. The molecule has 1 aromatic rings. The topological polar surface area (TPSA) is 25.2 Å². The standard InChI is InChI=1S/C15H20N2O/c1-3-5-13-12-8-11(9-16(13)2)14-6-4-7-15(18)17(14)10-12/h3-4,6-7,11-13H,1,5,8-10H2,2H3. The Kier molecular flexibility index (Phi) is 2.86. The largest absolute Gasteiger partial charge is 0.312 e. The van der Waals surface area contributed by atoms with Gasteiger partial charge in [-0.15, -0.1) is 6.58 Å². The van der Waals surface area contributed by atoms with Crippen LogP contribution in [0.1, 0.15) is 24.5 Å². The zero-order valence-corrected chi connectivity index (χ0v) is 10.9. The first-order valence-corrected chi connectivity index (χ1v) is 6.71. The summed E-state index contributed by atoms with van der Waals surface area (Å²) in [6.07, 6.45) is 4.24. The highest BCUT2D eigenvalue weighted by Crippen LogP contribution is 2.38. The summed E-state index contributed by atoms with van der Waals surface area (Å²) in [6, 6.07) is 6.23. The van der Waals surface area contributed by atoms with Crippen molar-refractivity contribution in [2.24, 2.45) is 5.92 Å². The molecule has 2 aliphatic rings. The predicted octanol–water partition coefficient (Wildman–Crippen LogP) is 1.84. The molecule has 0 spiro atoms. The molecule has 2 bridgehead atoms. The van der Waals surface area contributed by atoms with Crippen molar-refractivity contribution < 1.29 is 0 Å². The van der Waals surface area contributed by atoms with E-state index in [9.17, 15) is 4.79 Å². The molecule has 3 nitrogen and oxygen atoms in total. The Morgan fingerprint density at radius 3 is 3.06 bits per heavy atom. The van der Waals surface area contributed by atoms with Crippen molar-refractivity contribution in [3.05, 3.63) is 46.9 Å². The van der Waals surface area contributed by atoms with E-state index >= 15 is 0 Å². The quantitative estimate of drug-likeness (QED) is 0.742. The van der Waals surface area contributed by atoms with Crippen LogP contribution in [0.25, 0.3) is 0 Å². The number of hydrogen-bond acceptors (Lipinski definition) is 2. The Balaban J connectivity index is 2.00. The predicted molar refractivity (Wildman–Crippen MR) is 72.8 cm³/mol. The van der Waals surface area contributed by atoms with Crippen molar-refractivity contribution in [3.63, 3.8) is 0 Å². The van der Waals surface area contributed by atoms with E-state index < -0.39 is 0 Å². The van der Waals surface area contributed by atoms with Crippen LogP contribution in [0.5, 0.6) is 0 Å². The highest BCUT2D eigenvalue weighted by molar-refractivity contribution is 5.17. The molecule has 3 unspecified atom stereocenters. The summed E-state index contributed by atoms with van der Waals surface area (Å²) >= 11 is 0. The van der Waals surface area contributed by atoms with E-state index in [4.69, 9.17) is 0 Å². The van der Waals surface area contributed by atoms with E-state index in [2.05, 4.69) is 24.6 Å². The maximum Gasteiger partial charge on any atom is 0.250 e. The molecule has 1 fully saturated rings. The smallest absolute Gasteiger partial charge is 0.250 e. The first kappa shape index (κ1) is 11.7. The molecule has 2 aliphatic heterocycles. The zero-order chi connectivity index (χ0) is 12.7. The molecule has 3 heterocycles. The van der Waals surface area contributed by atoms with Crippen LogP contribution in [-0.2, 0) is 6.54 Å². The first-order chi connectivity index (χ1) is 8.70. The van der Waals surface area contributed by atoms with E-state index in [0.29, 0.717) is 17.9 Å². The molecule has 1 aromatic heterocycles. The van der Waals surface area contributed by atoms with Crippen LogP contribution in [0.4, 0.5) is 0 Å². The van der Waals surface area contributed by atoms with Crippen LogP contribution in [0.3, 0.4) is 0 Å². The summed E-state index contributed by atoms with van der Waals surface area (Å²) in [5.41, 5.74) is 1.38. The summed E-state index contributed by atoms with van der Waals surface area (Å²) in [4.78, 5) is 14.4. The third-order valence-electron chi connectivity index (χ3n) is 4.53. The van der Waals surface area contributed by atoms with Crippen molar-refractivity contribution in [3.8, 4) is 0 Å². The van der Waals surface area contributed by atoms with Crippen LogP contribution in [0.15, 0.2) is 35.6 Å². The number of pyridine rings is 1. The van der Waals surface area contributed by atoms with E-state index in [1.165, 1.54) is 12.1 Å². The molecule has 0 aliphatic carbocycles. The SMILES string of the molecule is C=CCC1C2CC(CN1C)c1cccc(=O)n1C2. The van der Waals surface area contributed by atoms with E-state index in [0.717, 1.165) is 19.5 Å². The van der Waals surface area contributed by atoms with Gasteiger partial charge in [-0.2, -0.15) is 0 Å². The summed E-state index contributed by atoms with van der Waals surface area (Å²) < 4.78 is 1.99. The van der Waals surface area contributed by atoms with Gasteiger partial charge in [0.2, 0.25) is 0 Å². The van der Waals surface area contributed by atoms with Gasteiger partial charge < -0.3 is 9.47 Å². The molecule has 0 aromatic carbocycles. The second-order valence-electron chi connectivity index (χ2n) is 5.62. The molecule has 3 atom stereocenters. The molecule has 96 valence electrons. The van der Waals surface area contributed by atoms with Crippen LogP contribution in [0, 0.1) is 5.92 Å². The van der Waals surface area contributed by atoms with Crippen LogP contribution < -0.4 is 5.56 Å². The maximum atomic E-state index is 12.0. The number of likely N-dealkylation sites (tertiary alicyclic amines) is 1. The maximum absolute atomic E-state index is 12.0. The number of fused-ring (bicyclic) bond motifs is 4. The molecule has 0 saturated carbocycles. The lowest BCUT2D eigenvalue weighted by molar-refractivity contribution is 0.0739. The van der Waals surface area contributed by atoms with Crippen LogP contribution in [-0.4, -0.2) is 29.1 Å². The van der Waals surface area contributed by atoms with Crippen molar-refractivity contribution >= 4 is 0 Å². The molecule has 1 saturated heterocycles. The van der Waals surface area contributed by atoms with Crippen LogP contribution >= 0.6 is 0 Å². The Hall–Kier alpha value is -1.35. The van der Waals surface area contributed by atoms with Gasteiger partial charge in [-0.3, -0.25) is 4.79 Å². The van der Waals surface area contributed by atoms with Gasteiger partial charge in [0, 0.05) is 36.8 Å². The van der Waals surface area contributed by atoms with Crippen molar-refractivity contribution in [2.75, 3.05) is 13.6 Å². The molecule has 0 amide bonds. The monoisotopic (exact) mass is 244 g/mol. The molecular weight excluding hydrogens is 224 g/mol. The number of aromatic nitrogens is 1. The Morgan fingerprint density at radius 2 is 2.28 bits per heavy atom. The molecule has 18 heavy (non-hydrogen) atoms. The van der Waals surface area contributed by atoms with Gasteiger partial charge in [-0.25, -0.2) is 0 Å². The Bertz CT molecular complexity index is 519. The molecule has 0 radical (unpaired) electrons. The second-order valence-corrected chi connectivity index (χ2v) is 5.62. The molecular formula is C15H20N2O. The molecule has 0 N–H and O–H groups in total. The van der Waals surface area contributed by atoms with Gasteiger partial charge in [0.1, 0.15) is 0 Å². The second kappa shape index (κ2) is 4.39.